The summed E-state index contributed by atoms with van der Waals surface area (Å²) in [4.78, 5) is 27.0. The van der Waals surface area contributed by atoms with Gasteiger partial charge in [0.1, 0.15) is 0 Å². The Hall–Kier alpha value is -2.73. The van der Waals surface area contributed by atoms with Crippen LogP contribution in [0.3, 0.4) is 0 Å². The smallest absolute Gasteiger partial charge is 0.255 e. The van der Waals surface area contributed by atoms with E-state index < -0.39 is 5.91 Å². The lowest BCUT2D eigenvalue weighted by atomic mass is 10.2. The van der Waals surface area contributed by atoms with Crippen molar-refractivity contribution in [3.8, 4) is 0 Å². The van der Waals surface area contributed by atoms with Gasteiger partial charge in [-0.15, -0.1) is 0 Å². The van der Waals surface area contributed by atoms with Gasteiger partial charge in [0.25, 0.3) is 5.91 Å². The van der Waals surface area contributed by atoms with Crippen LogP contribution in [0.25, 0.3) is 0 Å². The second-order valence-corrected chi connectivity index (χ2v) is 4.14. The molecule has 1 aromatic carbocycles. The van der Waals surface area contributed by atoms with Gasteiger partial charge in [0.2, 0.25) is 5.91 Å². The molecule has 0 unspecified atom stereocenters. The van der Waals surface area contributed by atoms with E-state index in [4.69, 9.17) is 11.5 Å². The molecule has 102 valence electrons. The number of nitrogens with zero attached hydrogens (tertiary/aromatic N) is 1. The highest BCUT2D eigenvalue weighted by Gasteiger charge is 2.07. The number of nitrogens with two attached hydrogens (primary N) is 2. The molecule has 0 aliphatic carbocycles. The molecule has 0 aliphatic heterocycles. The second-order valence-electron chi connectivity index (χ2n) is 4.14. The van der Waals surface area contributed by atoms with E-state index in [1.165, 1.54) is 6.20 Å². The molecule has 1 heterocycles. The highest BCUT2D eigenvalue weighted by atomic mass is 16.2. The fraction of sp³-hybridized carbons (Fsp3) is 0.0714. The van der Waals surface area contributed by atoms with Crippen molar-refractivity contribution < 1.29 is 9.59 Å². The molecular formula is C14H14N4O2. The molecule has 0 saturated carbocycles. The number of primary amides is 1. The summed E-state index contributed by atoms with van der Waals surface area (Å²) in [5, 5.41) is 2.72. The number of hydrogen-bond acceptors (Lipinski definition) is 4. The molecule has 0 bridgehead atoms. The maximum Gasteiger partial charge on any atom is 0.255 e. The molecule has 20 heavy (non-hydrogen) atoms. The third-order valence-corrected chi connectivity index (χ3v) is 2.72. The Labute approximate surface area is 115 Å². The van der Waals surface area contributed by atoms with Crippen LogP contribution in [-0.2, 0) is 6.54 Å². The van der Waals surface area contributed by atoms with Gasteiger partial charge in [-0.1, -0.05) is 0 Å². The second kappa shape index (κ2) is 5.94. The van der Waals surface area contributed by atoms with Crippen LogP contribution in [0.2, 0.25) is 0 Å². The molecular weight excluding hydrogens is 256 g/mol. The Balaban J connectivity index is 2.12. The van der Waals surface area contributed by atoms with Crippen molar-refractivity contribution in [3.05, 3.63) is 59.4 Å². The predicted molar refractivity (Wildman–Crippen MR) is 75.0 cm³/mol. The normalized spacial score (nSPS) is 10.1. The number of nitrogens with one attached hydrogen (secondary N) is 1. The lowest BCUT2D eigenvalue weighted by Crippen LogP contribution is -2.14. The van der Waals surface area contributed by atoms with Gasteiger partial charge in [0, 0.05) is 29.6 Å². The third kappa shape index (κ3) is 3.18. The molecule has 5 N–H and O–H groups in total. The highest BCUT2D eigenvalue weighted by Crippen LogP contribution is 2.11. The maximum atomic E-state index is 12.0. The zero-order valence-electron chi connectivity index (χ0n) is 10.7. The summed E-state index contributed by atoms with van der Waals surface area (Å²) in [7, 11) is 0. The van der Waals surface area contributed by atoms with Crippen molar-refractivity contribution in [1.29, 1.82) is 0 Å². The number of anilines is 1. The van der Waals surface area contributed by atoms with Crippen LogP contribution in [0.15, 0.2) is 42.6 Å². The first-order chi connectivity index (χ1) is 9.60. The molecule has 0 spiro atoms. The molecule has 0 aliphatic rings. The number of pyridine rings is 1. The highest BCUT2D eigenvalue weighted by molar-refractivity contribution is 6.04. The van der Waals surface area contributed by atoms with Crippen LogP contribution in [0, 0.1) is 0 Å². The van der Waals surface area contributed by atoms with E-state index in [0.29, 0.717) is 22.5 Å². The van der Waals surface area contributed by atoms with Gasteiger partial charge in [-0.3, -0.25) is 14.6 Å². The van der Waals surface area contributed by atoms with E-state index in [9.17, 15) is 9.59 Å². The van der Waals surface area contributed by atoms with Crippen LogP contribution >= 0.6 is 0 Å². The molecule has 0 fully saturated rings. The first-order valence-electron chi connectivity index (χ1n) is 5.96. The van der Waals surface area contributed by atoms with E-state index in [-0.39, 0.29) is 12.5 Å². The van der Waals surface area contributed by atoms with E-state index >= 15 is 0 Å². The minimum absolute atomic E-state index is 0.270. The zero-order chi connectivity index (χ0) is 14.5. The van der Waals surface area contributed by atoms with E-state index in [1.54, 1.807) is 36.4 Å². The van der Waals surface area contributed by atoms with E-state index in [1.807, 2.05) is 0 Å². The summed E-state index contributed by atoms with van der Waals surface area (Å²) in [5.41, 5.74) is 12.7. The van der Waals surface area contributed by atoms with Gasteiger partial charge >= 0.3 is 0 Å². The van der Waals surface area contributed by atoms with Crippen molar-refractivity contribution in [2.75, 3.05) is 5.32 Å². The largest absolute Gasteiger partial charge is 0.366 e. The van der Waals surface area contributed by atoms with Gasteiger partial charge < -0.3 is 16.8 Å². The van der Waals surface area contributed by atoms with Crippen LogP contribution in [0.4, 0.5) is 5.69 Å². The molecule has 0 saturated heterocycles. The fourth-order valence-electron chi connectivity index (χ4n) is 1.65. The minimum Gasteiger partial charge on any atom is -0.366 e. The lowest BCUT2D eigenvalue weighted by Gasteiger charge is -2.06. The lowest BCUT2D eigenvalue weighted by molar-refractivity contribution is 0.0998. The number of carbonyl (C=O) groups excluding carboxylic acids is 2. The maximum absolute atomic E-state index is 12.0. The summed E-state index contributed by atoms with van der Waals surface area (Å²) < 4.78 is 0. The average molecular weight is 270 g/mol. The zero-order valence-corrected chi connectivity index (χ0v) is 10.7. The number of carbonyl (C=O) groups is 2. The average Bonchev–Trinajstić information content (AvgIpc) is 2.47. The Morgan fingerprint density at radius 1 is 1.10 bits per heavy atom. The summed E-state index contributed by atoms with van der Waals surface area (Å²) in [6, 6.07) is 9.57. The van der Waals surface area contributed by atoms with Crippen molar-refractivity contribution >= 4 is 17.5 Å². The summed E-state index contributed by atoms with van der Waals surface area (Å²) in [6.07, 6.45) is 1.54. The predicted octanol–water partition coefficient (Wildman–Crippen LogP) is 0.891. The molecule has 2 rings (SSSR count). The minimum atomic E-state index is -0.510. The van der Waals surface area contributed by atoms with E-state index in [2.05, 4.69) is 10.3 Å². The topological polar surface area (TPSA) is 111 Å². The third-order valence-electron chi connectivity index (χ3n) is 2.72. The number of amides is 2. The Kier molecular flexibility index (Phi) is 4.07. The summed E-state index contributed by atoms with van der Waals surface area (Å²) in [6.45, 7) is 0.272. The number of rotatable bonds is 4. The number of hydrogen-bond donors (Lipinski definition) is 3. The molecule has 6 heteroatoms. The number of aromatic nitrogens is 1. The van der Waals surface area contributed by atoms with Gasteiger partial charge in [-0.25, -0.2) is 0 Å². The van der Waals surface area contributed by atoms with Gasteiger partial charge in [-0.05, 0) is 36.4 Å². The Bertz CT molecular complexity index is 638. The monoisotopic (exact) mass is 270 g/mol. The molecule has 2 amide bonds. The van der Waals surface area contributed by atoms with Crippen molar-refractivity contribution in [3.63, 3.8) is 0 Å². The van der Waals surface area contributed by atoms with Crippen molar-refractivity contribution in [2.24, 2.45) is 11.5 Å². The van der Waals surface area contributed by atoms with Gasteiger partial charge in [0.15, 0.2) is 0 Å². The van der Waals surface area contributed by atoms with Crippen LogP contribution in [-0.4, -0.2) is 16.8 Å². The first-order valence-corrected chi connectivity index (χ1v) is 5.96. The first kappa shape index (κ1) is 13.7. The quantitative estimate of drug-likeness (QED) is 0.766. The van der Waals surface area contributed by atoms with Gasteiger partial charge in [-0.2, -0.15) is 0 Å². The number of benzene rings is 1. The molecule has 1 aromatic heterocycles. The standard InChI is InChI=1S/C14H14N4O2/c15-8-12-7-10(5-6-17-12)14(20)18-11-3-1-9(2-4-11)13(16)19/h1-7H,8,15H2,(H2,16,19)(H,18,20). The Morgan fingerprint density at radius 3 is 2.40 bits per heavy atom. The molecule has 6 nitrogen and oxygen atoms in total. The van der Waals surface area contributed by atoms with Crippen molar-refractivity contribution in [1.82, 2.24) is 4.98 Å². The molecule has 0 radical (unpaired) electrons. The van der Waals surface area contributed by atoms with Crippen molar-refractivity contribution in [2.45, 2.75) is 6.54 Å². The van der Waals surface area contributed by atoms with Crippen LogP contribution in [0.1, 0.15) is 26.4 Å². The summed E-state index contributed by atoms with van der Waals surface area (Å²) in [5.74, 6) is -0.779. The SMILES string of the molecule is NCc1cc(C(=O)Nc2ccc(C(N)=O)cc2)ccn1. The van der Waals surface area contributed by atoms with Crippen LogP contribution < -0.4 is 16.8 Å². The molecule has 0 atom stereocenters. The van der Waals surface area contributed by atoms with E-state index in [0.717, 1.165) is 0 Å². The van der Waals surface area contributed by atoms with Gasteiger partial charge in [0.05, 0.1) is 5.69 Å². The Morgan fingerprint density at radius 2 is 1.80 bits per heavy atom. The van der Waals surface area contributed by atoms with Crippen LogP contribution in [0.5, 0.6) is 0 Å². The fourth-order valence-corrected chi connectivity index (χ4v) is 1.65. The summed E-state index contributed by atoms with van der Waals surface area (Å²) >= 11 is 0. The molecule has 2 aromatic rings.